The van der Waals surface area contributed by atoms with Crippen molar-refractivity contribution in [2.24, 2.45) is 0 Å². The second-order valence-electron chi connectivity index (χ2n) is 6.32. The van der Waals surface area contributed by atoms with Crippen molar-refractivity contribution in [1.82, 2.24) is 0 Å². The Morgan fingerprint density at radius 3 is 2.32 bits per heavy atom. The highest BCUT2D eigenvalue weighted by molar-refractivity contribution is 9.10. The predicted octanol–water partition coefficient (Wildman–Crippen LogP) is 5.51. The van der Waals surface area contributed by atoms with Gasteiger partial charge in [-0.3, -0.25) is 4.79 Å². The van der Waals surface area contributed by atoms with Gasteiger partial charge >= 0.3 is 0 Å². The maximum atomic E-state index is 12.2. The predicted molar refractivity (Wildman–Crippen MR) is 118 cm³/mol. The molecule has 5 heteroatoms. The topological polar surface area (TPSA) is 50.4 Å². The summed E-state index contributed by atoms with van der Waals surface area (Å²) in [4.78, 5) is 12.2. The molecule has 0 saturated heterocycles. The van der Waals surface area contributed by atoms with E-state index in [0.29, 0.717) is 6.61 Å². The number of carbonyl (C=O) groups excluding carboxylic acids is 1. The number of hydrogen-bond donors (Lipinski definition) is 2. The normalized spacial score (nSPS) is 10.3. The number of rotatable bonds is 9. The number of para-hydroxylation sites is 3. The van der Waals surface area contributed by atoms with Crippen molar-refractivity contribution in [3.8, 4) is 5.75 Å². The highest BCUT2D eigenvalue weighted by Gasteiger charge is 2.07. The average molecular weight is 439 g/mol. The Balaban J connectivity index is 1.48. The maximum absolute atomic E-state index is 12.2. The van der Waals surface area contributed by atoms with E-state index in [9.17, 15) is 4.79 Å². The van der Waals surface area contributed by atoms with Crippen LogP contribution in [0.1, 0.15) is 12.0 Å². The number of aryl methyl sites for hydroxylation is 1. The zero-order valence-corrected chi connectivity index (χ0v) is 17.1. The Morgan fingerprint density at radius 1 is 0.857 bits per heavy atom. The molecule has 3 rings (SSSR count). The minimum atomic E-state index is -0.120. The van der Waals surface area contributed by atoms with E-state index in [1.54, 1.807) is 0 Å². The van der Waals surface area contributed by atoms with Gasteiger partial charge in [-0.1, -0.05) is 54.6 Å². The molecule has 0 aliphatic rings. The highest BCUT2D eigenvalue weighted by atomic mass is 79.9. The van der Waals surface area contributed by atoms with Crippen LogP contribution >= 0.6 is 15.9 Å². The number of benzene rings is 3. The first kappa shape index (κ1) is 20.0. The number of nitrogens with one attached hydrogen (secondary N) is 2. The van der Waals surface area contributed by atoms with Crippen LogP contribution in [0, 0.1) is 0 Å². The molecule has 0 bridgehead atoms. The number of hydrogen-bond acceptors (Lipinski definition) is 3. The zero-order chi connectivity index (χ0) is 19.6. The van der Waals surface area contributed by atoms with E-state index in [1.807, 2.05) is 54.6 Å². The minimum Gasteiger partial charge on any atom is -0.491 e. The summed E-state index contributed by atoms with van der Waals surface area (Å²) in [7, 11) is 0. The summed E-state index contributed by atoms with van der Waals surface area (Å²) in [5.41, 5.74) is 2.87. The van der Waals surface area contributed by atoms with E-state index in [-0.39, 0.29) is 12.5 Å². The quantitative estimate of drug-likeness (QED) is 0.432. The van der Waals surface area contributed by atoms with Crippen molar-refractivity contribution in [1.29, 1.82) is 0 Å². The minimum absolute atomic E-state index is 0.120. The smallest absolute Gasteiger partial charge is 0.243 e. The SMILES string of the molecule is O=C(CNc1ccccc1OCCCc1ccccc1)Nc1ccccc1Br. The van der Waals surface area contributed by atoms with Gasteiger partial charge in [-0.05, 0) is 58.6 Å². The molecule has 144 valence electrons. The molecule has 28 heavy (non-hydrogen) atoms. The van der Waals surface area contributed by atoms with Crippen LogP contribution in [0.2, 0.25) is 0 Å². The third-order valence-electron chi connectivity index (χ3n) is 4.18. The van der Waals surface area contributed by atoms with Crippen LogP contribution in [0.3, 0.4) is 0 Å². The lowest BCUT2D eigenvalue weighted by Crippen LogP contribution is -2.22. The molecular weight excluding hydrogens is 416 g/mol. The van der Waals surface area contributed by atoms with Crippen molar-refractivity contribution < 1.29 is 9.53 Å². The van der Waals surface area contributed by atoms with Gasteiger partial charge in [0.05, 0.1) is 24.5 Å². The van der Waals surface area contributed by atoms with Crippen LogP contribution < -0.4 is 15.4 Å². The van der Waals surface area contributed by atoms with Crippen molar-refractivity contribution in [3.63, 3.8) is 0 Å². The maximum Gasteiger partial charge on any atom is 0.243 e. The van der Waals surface area contributed by atoms with E-state index in [1.165, 1.54) is 5.56 Å². The van der Waals surface area contributed by atoms with Gasteiger partial charge in [-0.2, -0.15) is 0 Å². The molecule has 0 unspecified atom stereocenters. The lowest BCUT2D eigenvalue weighted by molar-refractivity contribution is -0.114. The van der Waals surface area contributed by atoms with E-state index in [4.69, 9.17) is 4.74 Å². The Bertz CT molecular complexity index is 900. The second kappa shape index (κ2) is 10.5. The molecule has 0 atom stereocenters. The van der Waals surface area contributed by atoms with Crippen LogP contribution in [0.4, 0.5) is 11.4 Å². The Hall–Kier alpha value is -2.79. The van der Waals surface area contributed by atoms with Crippen LogP contribution in [0.25, 0.3) is 0 Å². The van der Waals surface area contributed by atoms with Crippen molar-refractivity contribution in [3.05, 3.63) is 88.9 Å². The van der Waals surface area contributed by atoms with Gasteiger partial charge < -0.3 is 15.4 Å². The molecule has 0 aromatic heterocycles. The first-order valence-electron chi connectivity index (χ1n) is 9.26. The third-order valence-corrected chi connectivity index (χ3v) is 4.88. The van der Waals surface area contributed by atoms with Crippen molar-refractivity contribution in [2.45, 2.75) is 12.8 Å². The molecule has 0 saturated carbocycles. The fourth-order valence-corrected chi connectivity index (χ4v) is 3.16. The zero-order valence-electron chi connectivity index (χ0n) is 15.5. The molecule has 0 fully saturated rings. The number of ether oxygens (including phenoxy) is 1. The van der Waals surface area contributed by atoms with Crippen LogP contribution in [0.15, 0.2) is 83.3 Å². The molecule has 0 aliphatic carbocycles. The fraction of sp³-hybridized carbons (Fsp3) is 0.174. The van der Waals surface area contributed by atoms with Gasteiger partial charge in [0.1, 0.15) is 5.75 Å². The summed E-state index contributed by atoms with van der Waals surface area (Å²) in [6.07, 6.45) is 1.91. The van der Waals surface area contributed by atoms with Crippen LogP contribution in [-0.2, 0) is 11.2 Å². The molecule has 2 N–H and O–H groups in total. The summed E-state index contributed by atoms with van der Waals surface area (Å²) < 4.78 is 6.78. The summed E-state index contributed by atoms with van der Waals surface area (Å²) in [6.45, 7) is 0.780. The van der Waals surface area contributed by atoms with Gasteiger partial charge in [-0.15, -0.1) is 0 Å². The fourth-order valence-electron chi connectivity index (χ4n) is 2.77. The molecular formula is C23H23BrN2O2. The van der Waals surface area contributed by atoms with E-state index in [2.05, 4.69) is 50.8 Å². The number of carbonyl (C=O) groups is 1. The summed E-state index contributed by atoms with van der Waals surface area (Å²) in [5, 5.41) is 6.04. The highest BCUT2D eigenvalue weighted by Crippen LogP contribution is 2.24. The molecule has 0 radical (unpaired) electrons. The van der Waals surface area contributed by atoms with Gasteiger partial charge in [0.25, 0.3) is 0 Å². The standard InChI is InChI=1S/C23H23BrN2O2/c24-19-12-4-5-13-20(19)26-23(27)17-25-21-14-6-7-15-22(21)28-16-8-11-18-9-2-1-3-10-18/h1-7,9-10,12-15,25H,8,11,16-17H2,(H,26,27). The number of amides is 1. The molecule has 3 aromatic carbocycles. The summed E-state index contributed by atoms with van der Waals surface area (Å²) in [5.74, 6) is 0.634. The monoisotopic (exact) mass is 438 g/mol. The first-order valence-corrected chi connectivity index (χ1v) is 10.1. The van der Waals surface area contributed by atoms with Gasteiger partial charge in [0, 0.05) is 4.47 Å². The van der Waals surface area contributed by atoms with Crippen LogP contribution in [0.5, 0.6) is 5.75 Å². The Morgan fingerprint density at radius 2 is 1.54 bits per heavy atom. The number of halogens is 1. The largest absolute Gasteiger partial charge is 0.491 e. The van der Waals surface area contributed by atoms with E-state index < -0.39 is 0 Å². The van der Waals surface area contributed by atoms with Crippen molar-refractivity contribution >= 4 is 33.2 Å². The Kier molecular flexibility index (Phi) is 7.50. The number of anilines is 2. The summed E-state index contributed by atoms with van der Waals surface area (Å²) >= 11 is 3.43. The lowest BCUT2D eigenvalue weighted by Gasteiger charge is -2.13. The molecule has 0 spiro atoms. The Labute approximate surface area is 174 Å². The van der Waals surface area contributed by atoms with Gasteiger partial charge in [-0.25, -0.2) is 0 Å². The molecule has 4 nitrogen and oxygen atoms in total. The van der Waals surface area contributed by atoms with E-state index in [0.717, 1.165) is 34.4 Å². The lowest BCUT2D eigenvalue weighted by atomic mass is 10.1. The molecule has 0 heterocycles. The molecule has 1 amide bonds. The van der Waals surface area contributed by atoms with Crippen molar-refractivity contribution in [2.75, 3.05) is 23.8 Å². The average Bonchev–Trinajstić information content (AvgIpc) is 2.73. The molecule has 3 aromatic rings. The van der Waals surface area contributed by atoms with Crippen LogP contribution in [-0.4, -0.2) is 19.1 Å². The third kappa shape index (κ3) is 6.13. The molecule has 0 aliphatic heterocycles. The first-order chi connectivity index (χ1) is 13.7. The second-order valence-corrected chi connectivity index (χ2v) is 7.17. The van der Waals surface area contributed by atoms with E-state index >= 15 is 0 Å². The summed E-state index contributed by atoms with van der Waals surface area (Å²) in [6, 6.07) is 25.6. The van der Waals surface area contributed by atoms with Gasteiger partial charge in [0.15, 0.2) is 0 Å². The van der Waals surface area contributed by atoms with Gasteiger partial charge in [0.2, 0.25) is 5.91 Å².